The van der Waals surface area contributed by atoms with Crippen molar-refractivity contribution in [3.8, 4) is 0 Å². The van der Waals surface area contributed by atoms with Crippen LogP contribution in [0.25, 0.3) is 0 Å². The van der Waals surface area contributed by atoms with Crippen LogP contribution in [0.3, 0.4) is 0 Å². The molecule has 0 amide bonds. The minimum Gasteiger partial charge on any atom is -0.388 e. The molecular weight excluding hydrogens is 288 g/mol. The van der Waals surface area contributed by atoms with Crippen molar-refractivity contribution < 1.29 is 5.11 Å². The molecule has 0 aliphatic carbocycles. The fourth-order valence-electron chi connectivity index (χ4n) is 2.16. The Morgan fingerprint density at radius 1 is 1.00 bits per heavy atom. The van der Waals surface area contributed by atoms with Gasteiger partial charge < -0.3 is 5.11 Å². The molecule has 0 radical (unpaired) electrons. The molecule has 2 heteroatoms. The van der Waals surface area contributed by atoms with Gasteiger partial charge in [0.25, 0.3) is 0 Å². The smallest absolute Gasteiger partial charge is 0.0830 e. The summed E-state index contributed by atoms with van der Waals surface area (Å²) in [5.74, 6) is 0. The number of halogens is 1. The van der Waals surface area contributed by atoms with Gasteiger partial charge in [-0.1, -0.05) is 57.4 Å². The number of hydrogen-bond donors (Lipinski definition) is 1. The van der Waals surface area contributed by atoms with Crippen molar-refractivity contribution in [3.05, 3.63) is 69.2 Å². The van der Waals surface area contributed by atoms with E-state index in [4.69, 9.17) is 0 Å². The molecule has 18 heavy (non-hydrogen) atoms. The molecule has 1 nitrogen and oxygen atoms in total. The highest BCUT2D eigenvalue weighted by Crippen LogP contribution is 2.21. The van der Waals surface area contributed by atoms with Crippen LogP contribution >= 0.6 is 15.9 Å². The summed E-state index contributed by atoms with van der Waals surface area (Å²) in [6.07, 6.45) is 0.209. The summed E-state index contributed by atoms with van der Waals surface area (Å²) in [4.78, 5) is 0. The van der Waals surface area contributed by atoms with Crippen LogP contribution in [-0.4, -0.2) is 5.11 Å². The molecular formula is C16H17BrO. The summed E-state index contributed by atoms with van der Waals surface area (Å²) in [6.45, 7) is 4.12. The first kappa shape index (κ1) is 13.3. The van der Waals surface area contributed by atoms with Gasteiger partial charge in [0, 0.05) is 10.9 Å². The summed E-state index contributed by atoms with van der Waals surface area (Å²) >= 11 is 3.41. The van der Waals surface area contributed by atoms with Crippen molar-refractivity contribution in [1.82, 2.24) is 0 Å². The number of aliphatic hydroxyl groups excluding tert-OH is 1. The standard InChI is InChI=1S/C16H17BrO/c1-11-7-12(2)9-14(8-11)16(18)10-13-3-5-15(17)6-4-13/h3-9,16,18H,10H2,1-2H3. The second kappa shape index (κ2) is 5.68. The fraction of sp³-hybridized carbons (Fsp3) is 0.250. The van der Waals surface area contributed by atoms with E-state index in [9.17, 15) is 5.11 Å². The molecule has 0 saturated carbocycles. The summed E-state index contributed by atoms with van der Waals surface area (Å²) < 4.78 is 1.06. The van der Waals surface area contributed by atoms with Crippen LogP contribution in [0.15, 0.2) is 46.9 Å². The number of rotatable bonds is 3. The van der Waals surface area contributed by atoms with Crippen molar-refractivity contribution in [2.75, 3.05) is 0 Å². The Bertz CT molecular complexity index is 511. The monoisotopic (exact) mass is 304 g/mol. The zero-order chi connectivity index (χ0) is 13.1. The number of aryl methyl sites for hydroxylation is 2. The van der Waals surface area contributed by atoms with Gasteiger partial charge in [0.2, 0.25) is 0 Å². The molecule has 0 fully saturated rings. The van der Waals surface area contributed by atoms with E-state index in [2.05, 4.69) is 48.0 Å². The Kier molecular flexibility index (Phi) is 4.20. The van der Waals surface area contributed by atoms with Crippen LogP contribution in [0, 0.1) is 13.8 Å². The molecule has 0 saturated heterocycles. The first-order valence-corrected chi connectivity index (χ1v) is 6.84. The number of benzene rings is 2. The first-order chi connectivity index (χ1) is 8.54. The van der Waals surface area contributed by atoms with Crippen LogP contribution in [0.4, 0.5) is 0 Å². The zero-order valence-corrected chi connectivity index (χ0v) is 12.2. The highest BCUT2D eigenvalue weighted by Gasteiger charge is 2.09. The highest BCUT2D eigenvalue weighted by molar-refractivity contribution is 9.10. The lowest BCUT2D eigenvalue weighted by Gasteiger charge is -2.13. The van der Waals surface area contributed by atoms with E-state index in [0.717, 1.165) is 15.6 Å². The van der Waals surface area contributed by atoms with Crippen LogP contribution in [-0.2, 0) is 6.42 Å². The van der Waals surface area contributed by atoms with Crippen LogP contribution < -0.4 is 0 Å². The van der Waals surface area contributed by atoms with Gasteiger partial charge in [-0.3, -0.25) is 0 Å². The second-order valence-electron chi connectivity index (χ2n) is 4.77. The van der Waals surface area contributed by atoms with Gasteiger partial charge in [0.1, 0.15) is 0 Å². The van der Waals surface area contributed by atoms with E-state index in [0.29, 0.717) is 6.42 Å². The molecule has 0 bridgehead atoms. The molecule has 0 aliphatic heterocycles. The average molecular weight is 305 g/mol. The average Bonchev–Trinajstić information content (AvgIpc) is 2.31. The third-order valence-corrected chi connectivity index (χ3v) is 3.50. The van der Waals surface area contributed by atoms with Gasteiger partial charge in [-0.15, -0.1) is 0 Å². The molecule has 1 unspecified atom stereocenters. The maximum Gasteiger partial charge on any atom is 0.0830 e. The Morgan fingerprint density at radius 3 is 2.11 bits per heavy atom. The molecule has 94 valence electrons. The predicted octanol–water partition coefficient (Wildman–Crippen LogP) is 4.34. The van der Waals surface area contributed by atoms with E-state index in [1.54, 1.807) is 0 Å². The van der Waals surface area contributed by atoms with Gasteiger partial charge in [0.05, 0.1) is 6.10 Å². The quantitative estimate of drug-likeness (QED) is 0.894. The molecule has 2 aromatic rings. The number of hydrogen-bond acceptors (Lipinski definition) is 1. The van der Waals surface area contributed by atoms with Gasteiger partial charge in [-0.2, -0.15) is 0 Å². The SMILES string of the molecule is Cc1cc(C)cc(C(O)Cc2ccc(Br)cc2)c1. The van der Waals surface area contributed by atoms with Gasteiger partial charge >= 0.3 is 0 Å². The Hall–Kier alpha value is -1.12. The minimum atomic E-state index is -0.440. The predicted molar refractivity (Wildman–Crippen MR) is 78.7 cm³/mol. The Labute approximate surface area is 117 Å². The van der Waals surface area contributed by atoms with Crippen LogP contribution in [0.5, 0.6) is 0 Å². The van der Waals surface area contributed by atoms with Crippen molar-refractivity contribution >= 4 is 15.9 Å². The van der Waals surface area contributed by atoms with E-state index < -0.39 is 6.10 Å². The molecule has 0 aromatic heterocycles. The van der Waals surface area contributed by atoms with E-state index in [1.807, 2.05) is 24.3 Å². The lowest BCUT2D eigenvalue weighted by atomic mass is 9.98. The maximum absolute atomic E-state index is 10.3. The summed E-state index contributed by atoms with van der Waals surface area (Å²) in [5.41, 5.74) is 4.53. The summed E-state index contributed by atoms with van der Waals surface area (Å²) in [7, 11) is 0. The zero-order valence-electron chi connectivity index (χ0n) is 10.7. The first-order valence-electron chi connectivity index (χ1n) is 6.05. The molecule has 2 rings (SSSR count). The molecule has 2 aromatic carbocycles. The van der Waals surface area contributed by atoms with Crippen molar-refractivity contribution in [2.24, 2.45) is 0 Å². The van der Waals surface area contributed by atoms with E-state index in [-0.39, 0.29) is 0 Å². The Balaban J connectivity index is 2.16. The fourth-order valence-corrected chi connectivity index (χ4v) is 2.43. The van der Waals surface area contributed by atoms with Crippen molar-refractivity contribution in [2.45, 2.75) is 26.4 Å². The number of aliphatic hydroxyl groups is 1. The third kappa shape index (κ3) is 3.44. The van der Waals surface area contributed by atoms with Crippen LogP contribution in [0.2, 0.25) is 0 Å². The lowest BCUT2D eigenvalue weighted by Crippen LogP contribution is -2.02. The van der Waals surface area contributed by atoms with Crippen molar-refractivity contribution in [3.63, 3.8) is 0 Å². The Morgan fingerprint density at radius 2 is 1.56 bits per heavy atom. The molecule has 0 heterocycles. The van der Waals surface area contributed by atoms with E-state index >= 15 is 0 Å². The van der Waals surface area contributed by atoms with Crippen LogP contribution in [0.1, 0.15) is 28.4 Å². The summed E-state index contributed by atoms with van der Waals surface area (Å²) in [6, 6.07) is 14.3. The van der Waals surface area contributed by atoms with Crippen molar-refractivity contribution in [1.29, 1.82) is 0 Å². The van der Waals surface area contributed by atoms with Gasteiger partial charge in [-0.25, -0.2) is 0 Å². The largest absolute Gasteiger partial charge is 0.388 e. The maximum atomic E-state index is 10.3. The minimum absolute atomic E-state index is 0.440. The summed E-state index contributed by atoms with van der Waals surface area (Å²) in [5, 5.41) is 10.3. The van der Waals surface area contributed by atoms with Gasteiger partial charge in [-0.05, 0) is 37.1 Å². The third-order valence-electron chi connectivity index (χ3n) is 2.97. The topological polar surface area (TPSA) is 20.2 Å². The molecule has 1 atom stereocenters. The lowest BCUT2D eigenvalue weighted by molar-refractivity contribution is 0.178. The second-order valence-corrected chi connectivity index (χ2v) is 5.68. The highest BCUT2D eigenvalue weighted by atomic mass is 79.9. The van der Waals surface area contributed by atoms with Gasteiger partial charge in [0.15, 0.2) is 0 Å². The normalized spacial score (nSPS) is 12.4. The molecule has 1 N–H and O–H groups in total. The van der Waals surface area contributed by atoms with E-state index in [1.165, 1.54) is 11.1 Å². The molecule has 0 spiro atoms. The molecule has 0 aliphatic rings.